The van der Waals surface area contributed by atoms with Gasteiger partial charge in [-0.25, -0.2) is 13.6 Å². The number of nitrogens with one attached hydrogen (secondary N) is 1. The summed E-state index contributed by atoms with van der Waals surface area (Å²) in [6, 6.07) is 21.7. The van der Waals surface area contributed by atoms with Crippen molar-refractivity contribution in [3.63, 3.8) is 0 Å². The fraction of sp³-hybridized carbons (Fsp3) is 0.130. The molecule has 3 aromatic carbocycles. The van der Waals surface area contributed by atoms with Gasteiger partial charge in [0, 0.05) is 12.6 Å². The highest BCUT2D eigenvalue weighted by Crippen LogP contribution is 2.26. The standard InChI is InChI=1S/C23H22N4O3S/c1-15(17-8-5-9-20(13-17)31(24,29)30)27(2)23(28)22-14-21(25-26-22)19-11-10-16-6-3-4-7-18(16)12-19/h3-15H,1-2H3,(H,25,26)(H2,24,29,30). The molecule has 0 aliphatic carbocycles. The molecule has 8 heteroatoms. The van der Waals surface area contributed by atoms with E-state index in [1.807, 2.05) is 49.4 Å². The maximum absolute atomic E-state index is 13.0. The second-order valence-electron chi connectivity index (χ2n) is 7.44. The zero-order chi connectivity index (χ0) is 22.2. The van der Waals surface area contributed by atoms with Crippen LogP contribution in [0.1, 0.15) is 29.0 Å². The summed E-state index contributed by atoms with van der Waals surface area (Å²) in [6.45, 7) is 1.82. The Hall–Kier alpha value is -3.49. The molecule has 1 unspecified atom stereocenters. The third-order valence-electron chi connectivity index (χ3n) is 5.42. The quantitative estimate of drug-likeness (QED) is 0.499. The van der Waals surface area contributed by atoms with E-state index < -0.39 is 10.0 Å². The van der Waals surface area contributed by atoms with E-state index >= 15 is 0 Å². The average Bonchev–Trinajstić information content (AvgIpc) is 3.27. The van der Waals surface area contributed by atoms with Gasteiger partial charge in [-0.05, 0) is 47.5 Å². The fourth-order valence-electron chi connectivity index (χ4n) is 3.47. The number of H-pyrrole nitrogens is 1. The minimum atomic E-state index is -3.82. The highest BCUT2D eigenvalue weighted by Gasteiger charge is 2.22. The Morgan fingerprint density at radius 3 is 2.48 bits per heavy atom. The Bertz CT molecular complexity index is 1380. The molecule has 0 fully saturated rings. The summed E-state index contributed by atoms with van der Waals surface area (Å²) in [5.41, 5.74) is 2.59. The molecule has 0 saturated heterocycles. The molecule has 1 aromatic heterocycles. The van der Waals surface area contributed by atoms with Crippen molar-refractivity contribution in [2.75, 3.05) is 7.05 Å². The van der Waals surface area contributed by atoms with E-state index in [0.29, 0.717) is 17.0 Å². The Labute approximate surface area is 180 Å². The molecule has 31 heavy (non-hydrogen) atoms. The third-order valence-corrected chi connectivity index (χ3v) is 6.33. The van der Waals surface area contributed by atoms with Crippen LogP contribution in [-0.2, 0) is 10.0 Å². The van der Waals surface area contributed by atoms with Gasteiger partial charge >= 0.3 is 0 Å². The van der Waals surface area contributed by atoms with Gasteiger partial charge in [-0.2, -0.15) is 5.10 Å². The van der Waals surface area contributed by atoms with Crippen molar-refractivity contribution in [1.29, 1.82) is 0 Å². The van der Waals surface area contributed by atoms with Crippen LogP contribution in [0.4, 0.5) is 0 Å². The zero-order valence-electron chi connectivity index (χ0n) is 17.1. The lowest BCUT2D eigenvalue weighted by Crippen LogP contribution is -2.30. The van der Waals surface area contributed by atoms with Crippen molar-refractivity contribution in [1.82, 2.24) is 15.1 Å². The van der Waals surface area contributed by atoms with Crippen LogP contribution in [0.5, 0.6) is 0 Å². The van der Waals surface area contributed by atoms with Gasteiger partial charge in [0.15, 0.2) is 0 Å². The Kier molecular flexibility index (Phi) is 5.34. The highest BCUT2D eigenvalue weighted by molar-refractivity contribution is 7.89. The first-order valence-electron chi connectivity index (χ1n) is 9.68. The maximum atomic E-state index is 13.0. The number of sulfonamides is 1. The van der Waals surface area contributed by atoms with E-state index in [-0.39, 0.29) is 16.8 Å². The van der Waals surface area contributed by atoms with Gasteiger partial charge in [0.1, 0.15) is 5.69 Å². The molecule has 7 nitrogen and oxygen atoms in total. The Morgan fingerprint density at radius 1 is 1.00 bits per heavy atom. The van der Waals surface area contributed by atoms with Gasteiger partial charge in [-0.15, -0.1) is 0 Å². The van der Waals surface area contributed by atoms with Gasteiger partial charge in [-0.3, -0.25) is 9.89 Å². The lowest BCUT2D eigenvalue weighted by molar-refractivity contribution is 0.0736. The lowest BCUT2D eigenvalue weighted by atomic mass is 10.0. The van der Waals surface area contributed by atoms with Gasteiger partial charge in [0.25, 0.3) is 5.91 Å². The summed E-state index contributed by atoms with van der Waals surface area (Å²) in [5, 5.41) is 14.6. The van der Waals surface area contributed by atoms with E-state index in [1.54, 1.807) is 25.2 Å². The molecule has 1 heterocycles. The van der Waals surface area contributed by atoms with Gasteiger partial charge in [0.05, 0.1) is 16.6 Å². The summed E-state index contributed by atoms with van der Waals surface area (Å²) in [6.07, 6.45) is 0. The third kappa shape index (κ3) is 4.21. The van der Waals surface area contributed by atoms with Crippen molar-refractivity contribution >= 4 is 26.7 Å². The van der Waals surface area contributed by atoms with Crippen molar-refractivity contribution in [3.05, 3.63) is 84.1 Å². The lowest BCUT2D eigenvalue weighted by Gasteiger charge is -2.25. The van der Waals surface area contributed by atoms with Gasteiger partial charge in [-0.1, -0.05) is 48.5 Å². The van der Waals surface area contributed by atoms with Gasteiger partial charge in [0.2, 0.25) is 10.0 Å². The van der Waals surface area contributed by atoms with Crippen LogP contribution in [0.15, 0.2) is 77.7 Å². The fourth-order valence-corrected chi connectivity index (χ4v) is 4.04. The smallest absolute Gasteiger partial charge is 0.272 e. The number of amides is 1. The molecular weight excluding hydrogens is 412 g/mol. The molecule has 0 saturated carbocycles. The average molecular weight is 435 g/mol. The van der Waals surface area contributed by atoms with Gasteiger partial charge < -0.3 is 4.90 Å². The first kappa shape index (κ1) is 20.8. The van der Waals surface area contributed by atoms with E-state index in [9.17, 15) is 13.2 Å². The van der Waals surface area contributed by atoms with Crippen LogP contribution in [0.25, 0.3) is 22.0 Å². The largest absolute Gasteiger partial charge is 0.334 e. The Morgan fingerprint density at radius 2 is 1.74 bits per heavy atom. The van der Waals surface area contributed by atoms with E-state index in [4.69, 9.17) is 5.14 Å². The molecule has 1 amide bonds. The van der Waals surface area contributed by atoms with E-state index in [2.05, 4.69) is 10.2 Å². The number of carbonyl (C=O) groups is 1. The number of hydrogen-bond acceptors (Lipinski definition) is 4. The molecule has 0 bridgehead atoms. The van der Waals surface area contributed by atoms with Crippen LogP contribution in [0, 0.1) is 0 Å². The molecule has 1 atom stereocenters. The number of fused-ring (bicyclic) bond motifs is 1. The molecule has 158 valence electrons. The van der Waals surface area contributed by atoms with Crippen molar-refractivity contribution < 1.29 is 13.2 Å². The molecular formula is C23H22N4O3S. The van der Waals surface area contributed by atoms with Crippen LogP contribution in [0.2, 0.25) is 0 Å². The Balaban J connectivity index is 1.57. The summed E-state index contributed by atoms with van der Waals surface area (Å²) in [5.74, 6) is -0.256. The number of carbonyl (C=O) groups excluding carboxylic acids is 1. The normalized spacial score (nSPS) is 12.6. The van der Waals surface area contributed by atoms with Crippen molar-refractivity contribution in [3.8, 4) is 11.3 Å². The topological polar surface area (TPSA) is 109 Å². The number of aromatic amines is 1. The van der Waals surface area contributed by atoms with E-state index in [1.165, 1.54) is 17.0 Å². The number of rotatable bonds is 5. The molecule has 4 aromatic rings. The number of primary sulfonamides is 1. The number of aromatic nitrogens is 2. The molecule has 0 aliphatic heterocycles. The molecule has 0 aliphatic rings. The van der Waals surface area contributed by atoms with Crippen molar-refractivity contribution in [2.45, 2.75) is 17.9 Å². The molecule has 3 N–H and O–H groups in total. The van der Waals surface area contributed by atoms with Crippen molar-refractivity contribution in [2.24, 2.45) is 5.14 Å². The second-order valence-corrected chi connectivity index (χ2v) is 9.00. The monoisotopic (exact) mass is 434 g/mol. The minimum absolute atomic E-state index is 0.0119. The number of hydrogen-bond donors (Lipinski definition) is 2. The SMILES string of the molecule is CC(c1cccc(S(N)(=O)=O)c1)N(C)C(=O)c1cc(-c2ccc3ccccc3c2)n[nH]1. The molecule has 4 rings (SSSR count). The van der Waals surface area contributed by atoms with Crippen LogP contribution < -0.4 is 5.14 Å². The first-order valence-corrected chi connectivity index (χ1v) is 11.2. The first-order chi connectivity index (χ1) is 14.7. The zero-order valence-corrected chi connectivity index (χ0v) is 17.9. The summed E-state index contributed by atoms with van der Waals surface area (Å²) in [4.78, 5) is 14.5. The van der Waals surface area contributed by atoms with Crippen LogP contribution in [-0.4, -0.2) is 36.5 Å². The predicted octanol–water partition coefficient (Wildman–Crippen LogP) is 3.71. The summed E-state index contributed by atoms with van der Waals surface area (Å²) in [7, 11) is -2.16. The van der Waals surface area contributed by atoms with Crippen LogP contribution in [0.3, 0.4) is 0 Å². The van der Waals surface area contributed by atoms with E-state index in [0.717, 1.165) is 16.3 Å². The minimum Gasteiger partial charge on any atom is -0.334 e. The highest BCUT2D eigenvalue weighted by atomic mass is 32.2. The molecule has 0 radical (unpaired) electrons. The predicted molar refractivity (Wildman–Crippen MR) is 120 cm³/mol. The number of nitrogens with two attached hydrogens (primary N) is 1. The number of nitrogens with zero attached hydrogens (tertiary/aromatic N) is 2. The van der Waals surface area contributed by atoms with Crippen LogP contribution >= 0.6 is 0 Å². The molecule has 0 spiro atoms. The summed E-state index contributed by atoms with van der Waals surface area (Å²) < 4.78 is 23.3. The second kappa shape index (κ2) is 7.98. The maximum Gasteiger partial charge on any atom is 0.272 e. The summed E-state index contributed by atoms with van der Waals surface area (Å²) >= 11 is 0. The number of benzene rings is 3.